The highest BCUT2D eigenvalue weighted by atomic mass is 32.1. The lowest BCUT2D eigenvalue weighted by Gasteiger charge is -2.03. The summed E-state index contributed by atoms with van der Waals surface area (Å²) in [6.45, 7) is 6.18. The maximum atomic E-state index is 12.2. The number of anilines is 1. The van der Waals surface area contributed by atoms with E-state index >= 15 is 0 Å². The largest absolute Gasteiger partial charge is 0.298 e. The molecule has 4 heteroatoms. The van der Waals surface area contributed by atoms with Gasteiger partial charge in [-0.05, 0) is 50.1 Å². The van der Waals surface area contributed by atoms with E-state index in [1.165, 1.54) is 22.5 Å². The summed E-state index contributed by atoms with van der Waals surface area (Å²) in [5.74, 6) is -0.133. The highest BCUT2D eigenvalue weighted by Gasteiger charge is 2.10. The summed E-state index contributed by atoms with van der Waals surface area (Å²) < 4.78 is 0. The number of hydrogen-bond donors (Lipinski definition) is 1. The molecule has 0 aliphatic heterocycles. The zero-order chi connectivity index (χ0) is 16.4. The molecule has 2 aromatic carbocycles. The van der Waals surface area contributed by atoms with Crippen molar-refractivity contribution in [3.05, 3.63) is 70.1 Å². The predicted octanol–water partition coefficient (Wildman–Crippen LogP) is 4.99. The summed E-state index contributed by atoms with van der Waals surface area (Å²) >= 11 is 1.44. The monoisotopic (exact) mass is 322 g/mol. The van der Waals surface area contributed by atoms with Crippen molar-refractivity contribution in [1.29, 1.82) is 0 Å². The number of nitrogens with one attached hydrogen (secondary N) is 1. The number of rotatable bonds is 3. The lowest BCUT2D eigenvalue weighted by Crippen LogP contribution is -2.11. The highest BCUT2D eigenvalue weighted by molar-refractivity contribution is 7.14. The second-order valence-electron chi connectivity index (χ2n) is 5.66. The molecule has 0 bridgehead atoms. The molecule has 1 N–H and O–H groups in total. The molecule has 0 atom stereocenters. The van der Waals surface area contributed by atoms with Gasteiger partial charge in [0.25, 0.3) is 5.91 Å². The van der Waals surface area contributed by atoms with E-state index in [9.17, 15) is 4.79 Å². The molecule has 0 radical (unpaired) electrons. The van der Waals surface area contributed by atoms with Crippen LogP contribution in [0.3, 0.4) is 0 Å². The maximum absolute atomic E-state index is 12.2. The Labute approximate surface area is 140 Å². The summed E-state index contributed by atoms with van der Waals surface area (Å²) in [7, 11) is 0. The van der Waals surface area contributed by atoms with Gasteiger partial charge in [0.2, 0.25) is 0 Å². The lowest BCUT2D eigenvalue weighted by atomic mass is 10.1. The number of nitrogens with zero attached hydrogens (tertiary/aromatic N) is 1. The Bertz CT molecular complexity index is 850. The second kappa shape index (κ2) is 6.34. The van der Waals surface area contributed by atoms with E-state index in [-0.39, 0.29) is 5.91 Å². The van der Waals surface area contributed by atoms with Crippen LogP contribution in [0.2, 0.25) is 0 Å². The molecule has 3 nitrogen and oxygen atoms in total. The number of aromatic nitrogens is 1. The van der Waals surface area contributed by atoms with Crippen LogP contribution < -0.4 is 5.32 Å². The molecule has 0 aliphatic carbocycles. The summed E-state index contributed by atoms with van der Waals surface area (Å²) in [6, 6.07) is 13.8. The van der Waals surface area contributed by atoms with Gasteiger partial charge in [-0.2, -0.15) is 0 Å². The van der Waals surface area contributed by atoms with Crippen LogP contribution in [0.4, 0.5) is 5.13 Å². The van der Waals surface area contributed by atoms with E-state index in [1.807, 2.05) is 36.6 Å². The quantitative estimate of drug-likeness (QED) is 0.738. The highest BCUT2D eigenvalue weighted by Crippen LogP contribution is 2.26. The first kappa shape index (κ1) is 15.4. The lowest BCUT2D eigenvalue weighted by molar-refractivity contribution is 0.102. The molecular weight excluding hydrogens is 304 g/mol. The molecule has 23 heavy (non-hydrogen) atoms. The van der Waals surface area contributed by atoms with Crippen LogP contribution in [0.25, 0.3) is 11.3 Å². The number of amides is 1. The van der Waals surface area contributed by atoms with Crippen molar-refractivity contribution in [1.82, 2.24) is 4.98 Å². The van der Waals surface area contributed by atoms with Gasteiger partial charge in [0.05, 0.1) is 5.69 Å². The fourth-order valence-electron chi connectivity index (χ4n) is 2.24. The third kappa shape index (κ3) is 3.48. The van der Waals surface area contributed by atoms with Gasteiger partial charge >= 0.3 is 0 Å². The molecular formula is C19H18N2OS. The van der Waals surface area contributed by atoms with Crippen molar-refractivity contribution >= 4 is 22.4 Å². The van der Waals surface area contributed by atoms with Crippen molar-refractivity contribution in [3.8, 4) is 11.3 Å². The molecule has 3 rings (SSSR count). The molecule has 1 heterocycles. The number of benzene rings is 2. The van der Waals surface area contributed by atoms with Crippen molar-refractivity contribution in [2.24, 2.45) is 0 Å². The minimum absolute atomic E-state index is 0.133. The van der Waals surface area contributed by atoms with Gasteiger partial charge in [-0.15, -0.1) is 11.3 Å². The molecule has 0 fully saturated rings. The minimum atomic E-state index is -0.133. The molecule has 0 saturated carbocycles. The summed E-state index contributed by atoms with van der Waals surface area (Å²) in [6.07, 6.45) is 0. The van der Waals surface area contributed by atoms with Gasteiger partial charge in [0, 0.05) is 16.5 Å². The molecule has 0 saturated heterocycles. The van der Waals surface area contributed by atoms with Crippen molar-refractivity contribution in [2.45, 2.75) is 20.8 Å². The van der Waals surface area contributed by atoms with E-state index in [2.05, 4.69) is 42.3 Å². The van der Waals surface area contributed by atoms with E-state index in [0.717, 1.165) is 16.8 Å². The molecule has 1 aromatic heterocycles. The van der Waals surface area contributed by atoms with E-state index in [1.54, 1.807) is 0 Å². The Kier molecular flexibility index (Phi) is 4.26. The zero-order valence-electron chi connectivity index (χ0n) is 13.4. The zero-order valence-corrected chi connectivity index (χ0v) is 14.2. The van der Waals surface area contributed by atoms with Crippen molar-refractivity contribution in [3.63, 3.8) is 0 Å². The Balaban J connectivity index is 1.77. The van der Waals surface area contributed by atoms with Crippen LogP contribution in [-0.4, -0.2) is 10.9 Å². The fourth-order valence-corrected chi connectivity index (χ4v) is 2.95. The molecule has 3 aromatic rings. The Morgan fingerprint density at radius 1 is 1.00 bits per heavy atom. The fraction of sp³-hybridized carbons (Fsp3) is 0.158. The minimum Gasteiger partial charge on any atom is -0.298 e. The molecule has 116 valence electrons. The number of hydrogen-bond acceptors (Lipinski definition) is 3. The number of thiazole rings is 1. The van der Waals surface area contributed by atoms with Crippen LogP contribution >= 0.6 is 11.3 Å². The predicted molar refractivity (Wildman–Crippen MR) is 96.2 cm³/mol. The Morgan fingerprint density at radius 2 is 1.74 bits per heavy atom. The molecule has 0 spiro atoms. The molecule has 1 amide bonds. The summed E-state index contributed by atoms with van der Waals surface area (Å²) in [5, 5.41) is 5.44. The normalized spacial score (nSPS) is 10.6. The first-order valence-corrected chi connectivity index (χ1v) is 8.32. The average Bonchev–Trinajstić information content (AvgIpc) is 2.99. The smallest absolute Gasteiger partial charge is 0.257 e. The van der Waals surface area contributed by atoms with Crippen LogP contribution in [0.15, 0.2) is 47.8 Å². The van der Waals surface area contributed by atoms with Gasteiger partial charge in [-0.3, -0.25) is 10.1 Å². The summed E-state index contributed by atoms with van der Waals surface area (Å²) in [5.41, 5.74) is 6.22. The first-order valence-electron chi connectivity index (χ1n) is 7.44. The van der Waals surface area contributed by atoms with Crippen LogP contribution in [0.1, 0.15) is 27.0 Å². The van der Waals surface area contributed by atoms with Gasteiger partial charge in [0.15, 0.2) is 5.13 Å². The topological polar surface area (TPSA) is 42.0 Å². The third-order valence-corrected chi connectivity index (χ3v) is 4.60. The molecule has 0 unspecified atom stereocenters. The number of carbonyl (C=O) groups excluding carboxylic acids is 1. The first-order chi connectivity index (χ1) is 11.0. The van der Waals surface area contributed by atoms with Crippen LogP contribution in [0, 0.1) is 20.8 Å². The second-order valence-corrected chi connectivity index (χ2v) is 6.52. The number of carbonyl (C=O) groups is 1. The average molecular weight is 322 g/mol. The van der Waals surface area contributed by atoms with Crippen molar-refractivity contribution in [2.75, 3.05) is 5.32 Å². The Hall–Kier alpha value is -2.46. The van der Waals surface area contributed by atoms with Crippen LogP contribution in [0.5, 0.6) is 0 Å². The van der Waals surface area contributed by atoms with Gasteiger partial charge < -0.3 is 0 Å². The SMILES string of the molecule is Cc1ccc(C(=O)Nc2nc(-c3ccc(C)c(C)c3)cs2)cc1. The van der Waals surface area contributed by atoms with E-state index < -0.39 is 0 Å². The third-order valence-electron chi connectivity index (χ3n) is 3.84. The maximum Gasteiger partial charge on any atom is 0.257 e. The van der Waals surface area contributed by atoms with Crippen molar-refractivity contribution < 1.29 is 4.79 Å². The van der Waals surface area contributed by atoms with Crippen LogP contribution in [-0.2, 0) is 0 Å². The number of aryl methyl sites for hydroxylation is 3. The summed E-state index contributed by atoms with van der Waals surface area (Å²) in [4.78, 5) is 16.7. The van der Waals surface area contributed by atoms with E-state index in [0.29, 0.717) is 10.7 Å². The van der Waals surface area contributed by atoms with Gasteiger partial charge in [-0.1, -0.05) is 29.8 Å². The Morgan fingerprint density at radius 3 is 2.43 bits per heavy atom. The van der Waals surface area contributed by atoms with Gasteiger partial charge in [0.1, 0.15) is 0 Å². The molecule has 0 aliphatic rings. The van der Waals surface area contributed by atoms with E-state index in [4.69, 9.17) is 0 Å². The standard InChI is InChI=1S/C19H18N2OS/c1-12-4-7-15(8-5-12)18(22)21-19-20-17(11-23-19)16-9-6-13(2)14(3)10-16/h4-11H,1-3H3,(H,20,21,22). The van der Waals surface area contributed by atoms with Gasteiger partial charge in [-0.25, -0.2) is 4.98 Å².